The van der Waals surface area contributed by atoms with E-state index in [9.17, 15) is 0 Å². The predicted molar refractivity (Wildman–Crippen MR) is 76.1 cm³/mol. The number of methoxy groups -OCH3 is 1. The van der Waals surface area contributed by atoms with Gasteiger partial charge in [-0.25, -0.2) is 9.97 Å². The van der Waals surface area contributed by atoms with Crippen LogP contribution in [0.3, 0.4) is 0 Å². The third kappa shape index (κ3) is 3.24. The number of aromatic nitrogens is 2. The average Bonchev–Trinajstić information content (AvgIpc) is 2.49. The van der Waals surface area contributed by atoms with Crippen LogP contribution in [0.25, 0.3) is 0 Å². The minimum absolute atomic E-state index is 0.308. The Bertz CT molecular complexity index is 397. The first kappa shape index (κ1) is 14.3. The lowest BCUT2D eigenvalue weighted by Gasteiger charge is -2.36. The summed E-state index contributed by atoms with van der Waals surface area (Å²) < 4.78 is 5.21. The van der Waals surface area contributed by atoms with Gasteiger partial charge in [-0.3, -0.25) is 0 Å². The van der Waals surface area contributed by atoms with Gasteiger partial charge < -0.3 is 10.1 Å². The molecule has 3 atom stereocenters. The van der Waals surface area contributed by atoms with Gasteiger partial charge >= 0.3 is 0 Å². The first-order chi connectivity index (χ1) is 9.30. The third-order valence-corrected chi connectivity index (χ3v) is 4.42. The molecule has 106 valence electrons. The molecule has 1 aromatic heterocycles. The third-order valence-electron chi connectivity index (χ3n) is 4.42. The highest BCUT2D eigenvalue weighted by atomic mass is 16.5. The molecule has 1 aliphatic carbocycles. The van der Waals surface area contributed by atoms with Crippen molar-refractivity contribution in [2.24, 2.45) is 11.8 Å². The van der Waals surface area contributed by atoms with Crippen molar-refractivity contribution in [3.8, 4) is 5.88 Å². The molecule has 19 heavy (non-hydrogen) atoms. The Hall–Kier alpha value is -1.16. The second-order valence-corrected chi connectivity index (χ2v) is 5.37. The molecule has 0 aromatic carbocycles. The highest BCUT2D eigenvalue weighted by Gasteiger charge is 2.31. The molecule has 1 heterocycles. The first-order valence-electron chi connectivity index (χ1n) is 7.33. The van der Waals surface area contributed by atoms with E-state index in [2.05, 4.69) is 22.2 Å². The highest BCUT2D eigenvalue weighted by Crippen LogP contribution is 2.39. The van der Waals surface area contributed by atoms with Crippen LogP contribution in [0.5, 0.6) is 5.88 Å². The molecule has 0 saturated heterocycles. The molecule has 0 spiro atoms. The average molecular weight is 263 g/mol. The Balaban J connectivity index is 2.21. The van der Waals surface area contributed by atoms with Crippen molar-refractivity contribution in [3.05, 3.63) is 18.1 Å². The number of ether oxygens (including phenoxy) is 1. The summed E-state index contributed by atoms with van der Waals surface area (Å²) in [5.74, 6) is 2.12. The molecular weight excluding hydrogens is 238 g/mol. The Morgan fingerprint density at radius 2 is 2.16 bits per heavy atom. The van der Waals surface area contributed by atoms with Gasteiger partial charge in [0.2, 0.25) is 5.88 Å². The zero-order valence-corrected chi connectivity index (χ0v) is 12.2. The number of hydrogen-bond acceptors (Lipinski definition) is 4. The van der Waals surface area contributed by atoms with Crippen molar-refractivity contribution < 1.29 is 4.74 Å². The summed E-state index contributed by atoms with van der Waals surface area (Å²) in [5, 5.41) is 3.46. The zero-order chi connectivity index (χ0) is 13.7. The largest absolute Gasteiger partial charge is 0.481 e. The SMILES string of the molecule is CCC1CCCCC1C(NC)c1cc(OC)ncn1. The summed E-state index contributed by atoms with van der Waals surface area (Å²) in [5.41, 5.74) is 1.06. The molecule has 4 nitrogen and oxygen atoms in total. The van der Waals surface area contributed by atoms with Gasteiger partial charge in [0.25, 0.3) is 0 Å². The molecule has 0 bridgehead atoms. The van der Waals surface area contributed by atoms with E-state index in [1.165, 1.54) is 32.1 Å². The van der Waals surface area contributed by atoms with Gasteiger partial charge in [-0.1, -0.05) is 32.6 Å². The Morgan fingerprint density at radius 1 is 1.37 bits per heavy atom. The summed E-state index contributed by atoms with van der Waals surface area (Å²) in [4.78, 5) is 8.55. The Morgan fingerprint density at radius 3 is 2.84 bits per heavy atom. The maximum absolute atomic E-state index is 5.21. The van der Waals surface area contributed by atoms with E-state index in [-0.39, 0.29) is 0 Å². The van der Waals surface area contributed by atoms with E-state index in [1.807, 2.05) is 13.1 Å². The predicted octanol–water partition coefficient (Wildman–Crippen LogP) is 2.96. The number of hydrogen-bond donors (Lipinski definition) is 1. The lowest BCUT2D eigenvalue weighted by molar-refractivity contribution is 0.178. The number of nitrogens with zero attached hydrogens (tertiary/aromatic N) is 2. The van der Waals surface area contributed by atoms with Crippen LogP contribution >= 0.6 is 0 Å². The highest BCUT2D eigenvalue weighted by molar-refractivity contribution is 5.17. The summed E-state index contributed by atoms with van der Waals surface area (Å²) in [7, 11) is 3.68. The van der Waals surface area contributed by atoms with Gasteiger partial charge in [0, 0.05) is 6.07 Å². The molecule has 0 amide bonds. The van der Waals surface area contributed by atoms with E-state index in [1.54, 1.807) is 13.4 Å². The molecule has 4 heteroatoms. The summed E-state index contributed by atoms with van der Waals surface area (Å²) in [6.07, 6.45) is 8.20. The fourth-order valence-electron chi connectivity index (χ4n) is 3.40. The normalized spacial score (nSPS) is 25.0. The lowest BCUT2D eigenvalue weighted by atomic mass is 9.73. The van der Waals surface area contributed by atoms with E-state index in [0.717, 1.165) is 11.6 Å². The molecule has 1 aromatic rings. The summed E-state index contributed by atoms with van der Waals surface area (Å²) in [6.45, 7) is 2.30. The lowest BCUT2D eigenvalue weighted by Crippen LogP contribution is -2.33. The van der Waals surface area contributed by atoms with Crippen LogP contribution < -0.4 is 10.1 Å². The second kappa shape index (κ2) is 6.85. The van der Waals surface area contributed by atoms with Crippen molar-refractivity contribution in [2.45, 2.75) is 45.1 Å². The standard InChI is InChI=1S/C15H25N3O/c1-4-11-7-5-6-8-12(11)15(16-2)13-9-14(19-3)18-10-17-13/h9-12,15-16H,4-8H2,1-3H3. The van der Waals surface area contributed by atoms with Gasteiger partial charge in [-0.2, -0.15) is 0 Å². The zero-order valence-electron chi connectivity index (χ0n) is 12.2. The van der Waals surface area contributed by atoms with Gasteiger partial charge in [-0.15, -0.1) is 0 Å². The first-order valence-corrected chi connectivity index (χ1v) is 7.33. The number of rotatable bonds is 5. The molecule has 3 unspecified atom stereocenters. The quantitative estimate of drug-likeness (QED) is 0.887. The van der Waals surface area contributed by atoms with Crippen molar-refractivity contribution in [2.75, 3.05) is 14.2 Å². The van der Waals surface area contributed by atoms with E-state index < -0.39 is 0 Å². The van der Waals surface area contributed by atoms with Crippen LogP contribution in [-0.4, -0.2) is 24.1 Å². The van der Waals surface area contributed by atoms with Crippen LogP contribution in [0.1, 0.15) is 50.8 Å². The Labute approximate surface area is 116 Å². The molecule has 1 saturated carbocycles. The summed E-state index contributed by atoms with van der Waals surface area (Å²) in [6, 6.07) is 2.27. The monoisotopic (exact) mass is 263 g/mol. The maximum Gasteiger partial charge on any atom is 0.216 e. The molecule has 1 N–H and O–H groups in total. The molecule has 1 fully saturated rings. The van der Waals surface area contributed by atoms with E-state index in [0.29, 0.717) is 17.8 Å². The van der Waals surface area contributed by atoms with Crippen LogP contribution in [0.15, 0.2) is 12.4 Å². The van der Waals surface area contributed by atoms with E-state index in [4.69, 9.17) is 4.74 Å². The second-order valence-electron chi connectivity index (χ2n) is 5.37. The maximum atomic E-state index is 5.21. The van der Waals surface area contributed by atoms with Gasteiger partial charge in [0.15, 0.2) is 0 Å². The molecule has 0 radical (unpaired) electrons. The fourth-order valence-corrected chi connectivity index (χ4v) is 3.40. The molecule has 0 aliphatic heterocycles. The minimum Gasteiger partial charge on any atom is -0.481 e. The molecule has 2 rings (SSSR count). The van der Waals surface area contributed by atoms with E-state index >= 15 is 0 Å². The van der Waals surface area contributed by atoms with Crippen molar-refractivity contribution >= 4 is 0 Å². The topological polar surface area (TPSA) is 47.0 Å². The van der Waals surface area contributed by atoms with Crippen molar-refractivity contribution in [3.63, 3.8) is 0 Å². The minimum atomic E-state index is 0.308. The molecular formula is C15H25N3O. The summed E-state index contributed by atoms with van der Waals surface area (Å²) >= 11 is 0. The van der Waals surface area contributed by atoms with Gasteiger partial charge in [0.05, 0.1) is 18.8 Å². The van der Waals surface area contributed by atoms with Gasteiger partial charge in [-0.05, 0) is 25.3 Å². The van der Waals surface area contributed by atoms with Crippen LogP contribution in [0.2, 0.25) is 0 Å². The van der Waals surface area contributed by atoms with Crippen molar-refractivity contribution in [1.29, 1.82) is 0 Å². The van der Waals surface area contributed by atoms with Crippen LogP contribution in [0.4, 0.5) is 0 Å². The molecule has 1 aliphatic rings. The number of nitrogens with one attached hydrogen (secondary N) is 1. The van der Waals surface area contributed by atoms with Crippen LogP contribution in [0, 0.1) is 11.8 Å². The Kier molecular flexibility index (Phi) is 5.14. The fraction of sp³-hybridized carbons (Fsp3) is 0.733. The van der Waals surface area contributed by atoms with Crippen molar-refractivity contribution in [1.82, 2.24) is 15.3 Å². The smallest absolute Gasteiger partial charge is 0.216 e. The van der Waals surface area contributed by atoms with Gasteiger partial charge in [0.1, 0.15) is 6.33 Å². The van der Waals surface area contributed by atoms with Crippen LogP contribution in [-0.2, 0) is 0 Å².